The van der Waals surface area contributed by atoms with E-state index in [9.17, 15) is 0 Å². The molecule has 0 saturated heterocycles. The average Bonchev–Trinajstić information content (AvgIpc) is 2.65. The fourth-order valence-corrected chi connectivity index (χ4v) is 2.16. The van der Waals surface area contributed by atoms with Crippen LogP contribution < -0.4 is 5.32 Å². The molecule has 0 atom stereocenters. The summed E-state index contributed by atoms with van der Waals surface area (Å²) in [5.74, 6) is 0. The maximum atomic E-state index is 5.53. The molecule has 0 radical (unpaired) electrons. The highest BCUT2D eigenvalue weighted by molar-refractivity contribution is 7.09. The van der Waals surface area contributed by atoms with Crippen molar-refractivity contribution in [1.29, 1.82) is 0 Å². The Kier molecular flexibility index (Phi) is 5.38. The molecule has 0 saturated carbocycles. The first-order chi connectivity index (χ1) is 7.54. The van der Waals surface area contributed by atoms with Gasteiger partial charge in [-0.3, -0.25) is 0 Å². The smallest absolute Gasteiger partial charge is 0.119 e. The highest BCUT2D eigenvalue weighted by Gasteiger charge is 2.17. The van der Waals surface area contributed by atoms with Crippen LogP contribution in [0.4, 0.5) is 0 Å². The van der Waals surface area contributed by atoms with Crippen LogP contribution in [0.15, 0.2) is 5.38 Å². The van der Waals surface area contributed by atoms with Crippen molar-refractivity contribution in [1.82, 2.24) is 10.3 Å². The SMILES string of the molecule is CCNCCOCc1nc(C(C)(C)C)cs1. The zero-order valence-electron chi connectivity index (χ0n) is 10.7. The zero-order valence-corrected chi connectivity index (χ0v) is 11.5. The molecule has 0 aromatic carbocycles. The van der Waals surface area contributed by atoms with Crippen molar-refractivity contribution in [3.63, 3.8) is 0 Å². The maximum absolute atomic E-state index is 5.53. The van der Waals surface area contributed by atoms with Crippen LogP contribution in [0.1, 0.15) is 38.4 Å². The number of aromatic nitrogens is 1. The number of nitrogens with zero attached hydrogens (tertiary/aromatic N) is 1. The monoisotopic (exact) mass is 242 g/mol. The van der Waals surface area contributed by atoms with Crippen molar-refractivity contribution in [2.45, 2.75) is 39.7 Å². The van der Waals surface area contributed by atoms with Gasteiger partial charge in [0.2, 0.25) is 0 Å². The van der Waals surface area contributed by atoms with Crippen molar-refractivity contribution in [3.8, 4) is 0 Å². The lowest BCUT2D eigenvalue weighted by Crippen LogP contribution is -2.18. The van der Waals surface area contributed by atoms with Crippen LogP contribution in [0, 0.1) is 0 Å². The lowest BCUT2D eigenvalue weighted by atomic mass is 9.93. The fourth-order valence-electron chi connectivity index (χ4n) is 1.20. The summed E-state index contributed by atoms with van der Waals surface area (Å²) < 4.78 is 5.53. The van der Waals surface area contributed by atoms with Gasteiger partial charge in [0.05, 0.1) is 18.9 Å². The number of thiazole rings is 1. The van der Waals surface area contributed by atoms with Crippen LogP contribution in [0.3, 0.4) is 0 Å². The minimum absolute atomic E-state index is 0.137. The first-order valence-electron chi connectivity index (χ1n) is 5.77. The summed E-state index contributed by atoms with van der Waals surface area (Å²) in [6, 6.07) is 0. The van der Waals surface area contributed by atoms with Gasteiger partial charge < -0.3 is 10.1 Å². The van der Waals surface area contributed by atoms with E-state index < -0.39 is 0 Å². The summed E-state index contributed by atoms with van der Waals surface area (Å²) in [6.07, 6.45) is 0. The lowest BCUT2D eigenvalue weighted by Gasteiger charge is -2.14. The Morgan fingerprint density at radius 3 is 2.75 bits per heavy atom. The second kappa shape index (κ2) is 6.33. The van der Waals surface area contributed by atoms with Crippen molar-refractivity contribution in [2.75, 3.05) is 19.7 Å². The molecule has 0 unspecified atom stereocenters. The standard InChI is InChI=1S/C12H22N2OS/c1-5-13-6-7-15-8-11-14-10(9-16-11)12(2,3)4/h9,13H,5-8H2,1-4H3. The molecule has 0 bridgehead atoms. The first kappa shape index (κ1) is 13.6. The number of likely N-dealkylation sites (N-methyl/N-ethyl adjacent to an activating group) is 1. The molecular formula is C12H22N2OS. The third kappa shape index (κ3) is 4.60. The number of hydrogen-bond donors (Lipinski definition) is 1. The Morgan fingerprint density at radius 1 is 1.44 bits per heavy atom. The van der Waals surface area contributed by atoms with Gasteiger partial charge in [0.1, 0.15) is 5.01 Å². The van der Waals surface area contributed by atoms with E-state index in [2.05, 4.69) is 43.4 Å². The number of ether oxygens (including phenoxy) is 1. The molecular weight excluding hydrogens is 220 g/mol. The van der Waals surface area contributed by atoms with Crippen molar-refractivity contribution >= 4 is 11.3 Å². The molecule has 1 heterocycles. The zero-order chi connectivity index (χ0) is 12.0. The molecule has 1 N–H and O–H groups in total. The van der Waals surface area contributed by atoms with Crippen molar-refractivity contribution in [3.05, 3.63) is 16.1 Å². The van der Waals surface area contributed by atoms with Crippen molar-refractivity contribution < 1.29 is 4.74 Å². The maximum Gasteiger partial charge on any atom is 0.119 e. The van der Waals surface area contributed by atoms with Gasteiger partial charge in [-0.25, -0.2) is 4.98 Å². The van der Waals surface area contributed by atoms with E-state index in [1.165, 1.54) is 0 Å². The van der Waals surface area contributed by atoms with Crippen LogP contribution in [0.2, 0.25) is 0 Å². The Hall–Kier alpha value is -0.450. The predicted octanol–water partition coefficient (Wildman–Crippen LogP) is 2.57. The molecule has 0 amide bonds. The van der Waals surface area contributed by atoms with E-state index in [0.717, 1.165) is 30.4 Å². The van der Waals surface area contributed by atoms with Gasteiger partial charge in [0, 0.05) is 17.3 Å². The fraction of sp³-hybridized carbons (Fsp3) is 0.750. The van der Waals surface area contributed by atoms with E-state index in [4.69, 9.17) is 4.74 Å². The van der Waals surface area contributed by atoms with Crippen molar-refractivity contribution in [2.24, 2.45) is 0 Å². The lowest BCUT2D eigenvalue weighted by molar-refractivity contribution is 0.122. The summed E-state index contributed by atoms with van der Waals surface area (Å²) in [6.45, 7) is 11.9. The third-order valence-electron chi connectivity index (χ3n) is 2.22. The Labute approximate surface area is 102 Å². The largest absolute Gasteiger partial charge is 0.373 e. The summed E-state index contributed by atoms with van der Waals surface area (Å²) in [5, 5.41) is 6.42. The quantitative estimate of drug-likeness (QED) is 0.779. The second-order valence-electron chi connectivity index (χ2n) is 4.78. The van der Waals surface area contributed by atoms with Gasteiger partial charge in [0.15, 0.2) is 0 Å². The molecule has 0 aliphatic carbocycles. The Morgan fingerprint density at radius 2 is 2.19 bits per heavy atom. The van der Waals surface area contributed by atoms with E-state index in [1.54, 1.807) is 11.3 Å². The Bertz CT molecular complexity index is 304. The molecule has 0 aliphatic heterocycles. The molecule has 0 fully saturated rings. The van der Waals surface area contributed by atoms with Gasteiger partial charge >= 0.3 is 0 Å². The molecule has 0 aliphatic rings. The summed E-state index contributed by atoms with van der Waals surface area (Å²) in [7, 11) is 0. The highest BCUT2D eigenvalue weighted by Crippen LogP contribution is 2.23. The minimum atomic E-state index is 0.137. The molecule has 0 spiro atoms. The van der Waals surface area contributed by atoms with Gasteiger partial charge in [-0.15, -0.1) is 11.3 Å². The molecule has 1 aromatic rings. The van der Waals surface area contributed by atoms with Crippen LogP contribution in [0.5, 0.6) is 0 Å². The van der Waals surface area contributed by atoms with Crippen LogP contribution in [0.25, 0.3) is 0 Å². The second-order valence-corrected chi connectivity index (χ2v) is 5.73. The molecule has 1 aromatic heterocycles. The topological polar surface area (TPSA) is 34.1 Å². The number of nitrogens with one attached hydrogen (secondary N) is 1. The molecule has 16 heavy (non-hydrogen) atoms. The summed E-state index contributed by atoms with van der Waals surface area (Å²) in [4.78, 5) is 4.57. The van der Waals surface area contributed by atoms with Gasteiger partial charge in [-0.2, -0.15) is 0 Å². The minimum Gasteiger partial charge on any atom is -0.373 e. The van der Waals surface area contributed by atoms with E-state index in [0.29, 0.717) is 6.61 Å². The van der Waals surface area contributed by atoms with Gasteiger partial charge in [-0.05, 0) is 6.54 Å². The average molecular weight is 242 g/mol. The molecule has 92 valence electrons. The Balaban J connectivity index is 2.30. The van der Waals surface area contributed by atoms with Gasteiger partial charge in [-0.1, -0.05) is 27.7 Å². The van der Waals surface area contributed by atoms with E-state index >= 15 is 0 Å². The molecule has 1 rings (SSSR count). The van der Waals surface area contributed by atoms with Crippen LogP contribution in [-0.2, 0) is 16.8 Å². The molecule has 3 nitrogen and oxygen atoms in total. The van der Waals surface area contributed by atoms with Crippen LogP contribution in [-0.4, -0.2) is 24.7 Å². The third-order valence-corrected chi connectivity index (χ3v) is 3.04. The normalized spacial score (nSPS) is 12.0. The highest BCUT2D eigenvalue weighted by atomic mass is 32.1. The summed E-state index contributed by atoms with van der Waals surface area (Å²) in [5.41, 5.74) is 1.29. The number of hydrogen-bond acceptors (Lipinski definition) is 4. The molecule has 4 heteroatoms. The summed E-state index contributed by atoms with van der Waals surface area (Å²) >= 11 is 1.68. The van der Waals surface area contributed by atoms with Crippen LogP contribution >= 0.6 is 11.3 Å². The first-order valence-corrected chi connectivity index (χ1v) is 6.65. The predicted molar refractivity (Wildman–Crippen MR) is 69.0 cm³/mol. The number of rotatable bonds is 6. The van der Waals surface area contributed by atoms with Gasteiger partial charge in [0.25, 0.3) is 0 Å². The van der Waals surface area contributed by atoms with E-state index in [1.807, 2.05) is 0 Å². The van der Waals surface area contributed by atoms with E-state index in [-0.39, 0.29) is 5.41 Å².